The van der Waals surface area contributed by atoms with Crippen molar-refractivity contribution in [1.82, 2.24) is 9.55 Å². The van der Waals surface area contributed by atoms with E-state index in [0.29, 0.717) is 0 Å². The molecular formula is C20H21FN2O8. The second-order valence-electron chi connectivity index (χ2n) is 7.61. The number of hydrogen-bond donors (Lipinski definition) is 1. The zero-order valence-electron chi connectivity index (χ0n) is 16.8. The van der Waals surface area contributed by atoms with Crippen molar-refractivity contribution in [3.8, 4) is 0 Å². The van der Waals surface area contributed by atoms with Gasteiger partial charge in [0.05, 0.1) is 6.20 Å². The van der Waals surface area contributed by atoms with E-state index in [2.05, 4.69) is 0 Å². The molecule has 31 heavy (non-hydrogen) atoms. The lowest BCUT2D eigenvalue weighted by Gasteiger charge is -2.24. The Labute approximate surface area is 175 Å². The molecule has 3 heterocycles. The number of rotatable bonds is 5. The number of hydrogen-bond acceptors (Lipinski definition) is 8. The first-order valence-electron chi connectivity index (χ1n) is 9.59. The van der Waals surface area contributed by atoms with Crippen molar-refractivity contribution in [2.45, 2.75) is 50.8 Å². The zero-order chi connectivity index (χ0) is 22.2. The van der Waals surface area contributed by atoms with Crippen LogP contribution in [0.3, 0.4) is 0 Å². The highest BCUT2D eigenvalue weighted by atomic mass is 19.1. The lowest BCUT2D eigenvalue weighted by atomic mass is 10.1. The Hall–Kier alpha value is -3.02. The van der Waals surface area contributed by atoms with Crippen LogP contribution in [0.2, 0.25) is 0 Å². The van der Waals surface area contributed by atoms with E-state index in [1.807, 2.05) is 23.2 Å². The summed E-state index contributed by atoms with van der Waals surface area (Å²) in [5.74, 6) is -2.16. The molecule has 4 rings (SSSR count). The highest BCUT2D eigenvalue weighted by molar-refractivity contribution is 5.59. The van der Waals surface area contributed by atoms with Gasteiger partial charge in [0.1, 0.15) is 31.5 Å². The molecule has 11 heteroatoms. The molecule has 2 aliphatic rings. The maximum Gasteiger partial charge on any atom is 0.508 e. The summed E-state index contributed by atoms with van der Waals surface area (Å²) in [7, 11) is 0. The molecule has 2 fully saturated rings. The monoisotopic (exact) mass is 436 g/mol. The number of ether oxygens (including phenoxy) is 5. The molecule has 0 aliphatic carbocycles. The van der Waals surface area contributed by atoms with Crippen LogP contribution in [-0.2, 0) is 30.3 Å². The SMILES string of the molecule is CC1(C)O[C@@H]2[C@H](O1)[C@@H](COC(=O)OCc1ccccc1)O[C@H]2n1cc(F)c(=O)[nH]c1=O. The summed E-state index contributed by atoms with van der Waals surface area (Å²) in [5, 5.41) is 0. The van der Waals surface area contributed by atoms with Gasteiger partial charge in [-0.3, -0.25) is 14.3 Å². The molecule has 0 saturated carbocycles. The van der Waals surface area contributed by atoms with E-state index in [-0.39, 0.29) is 13.2 Å². The molecule has 0 radical (unpaired) electrons. The fraction of sp³-hybridized carbons (Fsp3) is 0.450. The maximum absolute atomic E-state index is 13.8. The molecule has 1 N–H and O–H groups in total. The van der Waals surface area contributed by atoms with Crippen molar-refractivity contribution >= 4 is 6.16 Å². The highest BCUT2D eigenvalue weighted by Gasteiger charge is 2.56. The van der Waals surface area contributed by atoms with Crippen LogP contribution < -0.4 is 11.2 Å². The molecule has 4 atom stereocenters. The molecule has 2 saturated heterocycles. The first-order chi connectivity index (χ1) is 14.7. The third-order valence-corrected chi connectivity index (χ3v) is 4.89. The minimum atomic E-state index is -1.15. The molecule has 0 spiro atoms. The Balaban J connectivity index is 1.45. The number of nitrogens with one attached hydrogen (secondary N) is 1. The van der Waals surface area contributed by atoms with Gasteiger partial charge in [-0.1, -0.05) is 30.3 Å². The van der Waals surface area contributed by atoms with Crippen LogP contribution in [0.15, 0.2) is 46.1 Å². The number of aromatic nitrogens is 2. The fourth-order valence-corrected chi connectivity index (χ4v) is 3.58. The Morgan fingerprint density at radius 1 is 1.16 bits per heavy atom. The number of halogens is 1. The zero-order valence-corrected chi connectivity index (χ0v) is 16.8. The number of aromatic amines is 1. The van der Waals surface area contributed by atoms with Crippen LogP contribution in [-0.4, -0.2) is 46.4 Å². The second-order valence-corrected chi connectivity index (χ2v) is 7.61. The van der Waals surface area contributed by atoms with Crippen molar-refractivity contribution < 1.29 is 32.9 Å². The average Bonchev–Trinajstić information content (AvgIpc) is 3.21. The quantitative estimate of drug-likeness (QED) is 0.700. The van der Waals surface area contributed by atoms with Crippen LogP contribution >= 0.6 is 0 Å². The van der Waals surface area contributed by atoms with E-state index in [9.17, 15) is 18.8 Å². The van der Waals surface area contributed by atoms with Crippen molar-refractivity contribution in [2.24, 2.45) is 0 Å². The molecule has 1 aromatic carbocycles. The van der Waals surface area contributed by atoms with Crippen LogP contribution in [0, 0.1) is 5.82 Å². The van der Waals surface area contributed by atoms with Crippen LogP contribution in [0.5, 0.6) is 0 Å². The lowest BCUT2D eigenvalue weighted by molar-refractivity contribution is -0.201. The second kappa shape index (κ2) is 8.25. The molecule has 0 amide bonds. The number of carbonyl (C=O) groups excluding carboxylic acids is 1. The molecule has 0 unspecified atom stereocenters. The van der Waals surface area contributed by atoms with Gasteiger partial charge in [-0.2, -0.15) is 4.39 Å². The average molecular weight is 436 g/mol. The first kappa shape index (κ1) is 21.2. The molecular weight excluding hydrogens is 415 g/mol. The van der Waals surface area contributed by atoms with E-state index >= 15 is 0 Å². The maximum atomic E-state index is 13.8. The van der Waals surface area contributed by atoms with E-state index in [1.54, 1.807) is 26.0 Å². The Kier molecular flexibility index (Phi) is 5.65. The van der Waals surface area contributed by atoms with Gasteiger partial charge in [-0.25, -0.2) is 9.59 Å². The summed E-state index contributed by atoms with van der Waals surface area (Å²) in [6.07, 6.45) is -3.58. The lowest BCUT2D eigenvalue weighted by Crippen LogP contribution is -2.38. The van der Waals surface area contributed by atoms with Gasteiger partial charge in [0.2, 0.25) is 5.82 Å². The van der Waals surface area contributed by atoms with Gasteiger partial charge in [0.15, 0.2) is 12.0 Å². The summed E-state index contributed by atoms with van der Waals surface area (Å²) >= 11 is 0. The Morgan fingerprint density at radius 2 is 1.87 bits per heavy atom. The molecule has 2 aliphatic heterocycles. The van der Waals surface area contributed by atoms with Gasteiger partial charge in [-0.15, -0.1) is 0 Å². The predicted octanol–water partition coefficient (Wildman–Crippen LogP) is 1.45. The molecule has 10 nitrogen and oxygen atoms in total. The van der Waals surface area contributed by atoms with Crippen molar-refractivity contribution in [2.75, 3.05) is 6.61 Å². The van der Waals surface area contributed by atoms with Crippen LogP contribution in [0.25, 0.3) is 0 Å². The normalized spacial score (nSPS) is 26.4. The summed E-state index contributed by atoms with van der Waals surface area (Å²) < 4.78 is 42.3. The summed E-state index contributed by atoms with van der Waals surface area (Å²) in [5.41, 5.74) is -1.21. The summed E-state index contributed by atoms with van der Waals surface area (Å²) in [6.45, 7) is 3.14. The van der Waals surface area contributed by atoms with Gasteiger partial charge in [0, 0.05) is 0 Å². The van der Waals surface area contributed by atoms with Crippen LogP contribution in [0.1, 0.15) is 25.6 Å². The standard InChI is InChI=1S/C20H21FN2O8/c1-20(2)30-14-13(10-28-19(26)27-9-11-6-4-3-5-7-11)29-17(15(14)31-20)23-8-12(21)16(24)22-18(23)25/h3-8,13-15,17H,9-10H2,1-2H3,(H,22,24,25)/t13-,14-,15-,17-/m1/s1. The van der Waals surface area contributed by atoms with E-state index in [0.717, 1.165) is 16.3 Å². The predicted molar refractivity (Wildman–Crippen MR) is 102 cm³/mol. The molecule has 1 aromatic heterocycles. The number of carbonyl (C=O) groups is 1. The van der Waals surface area contributed by atoms with Gasteiger partial charge in [0.25, 0.3) is 5.56 Å². The molecule has 166 valence electrons. The molecule has 0 bridgehead atoms. The third-order valence-electron chi connectivity index (χ3n) is 4.89. The van der Waals surface area contributed by atoms with Crippen LogP contribution in [0.4, 0.5) is 9.18 Å². The van der Waals surface area contributed by atoms with Gasteiger partial charge >= 0.3 is 11.8 Å². The van der Waals surface area contributed by atoms with E-state index in [4.69, 9.17) is 23.7 Å². The molecule has 2 aromatic rings. The van der Waals surface area contributed by atoms with Crippen molar-refractivity contribution in [3.63, 3.8) is 0 Å². The van der Waals surface area contributed by atoms with Crippen molar-refractivity contribution in [1.29, 1.82) is 0 Å². The van der Waals surface area contributed by atoms with E-state index < -0.39 is 53.5 Å². The van der Waals surface area contributed by atoms with Gasteiger partial charge < -0.3 is 23.7 Å². The number of fused-ring (bicyclic) bond motifs is 1. The highest BCUT2D eigenvalue weighted by Crippen LogP contribution is 2.42. The summed E-state index contributed by atoms with van der Waals surface area (Å²) in [6, 6.07) is 9.08. The number of nitrogens with zero attached hydrogens (tertiary/aromatic N) is 1. The number of benzene rings is 1. The largest absolute Gasteiger partial charge is 0.508 e. The van der Waals surface area contributed by atoms with Crippen molar-refractivity contribution in [3.05, 3.63) is 68.7 Å². The Morgan fingerprint density at radius 3 is 2.61 bits per heavy atom. The smallest absolute Gasteiger partial charge is 0.431 e. The van der Waals surface area contributed by atoms with E-state index in [1.165, 1.54) is 0 Å². The minimum Gasteiger partial charge on any atom is -0.431 e. The van der Waals surface area contributed by atoms with Gasteiger partial charge in [-0.05, 0) is 19.4 Å². The third kappa shape index (κ3) is 4.53. The Bertz CT molecular complexity index is 1070. The first-order valence-corrected chi connectivity index (χ1v) is 9.59. The number of H-pyrrole nitrogens is 1. The summed E-state index contributed by atoms with van der Waals surface area (Å²) in [4.78, 5) is 37.4. The minimum absolute atomic E-state index is 0.0402. The fourth-order valence-electron chi connectivity index (χ4n) is 3.58. The topological polar surface area (TPSA) is 118 Å².